The summed E-state index contributed by atoms with van der Waals surface area (Å²) in [7, 11) is 0. The zero-order valence-electron chi connectivity index (χ0n) is 17.9. The molecule has 168 valence electrons. The van der Waals surface area contributed by atoms with Crippen molar-refractivity contribution in [3.63, 3.8) is 0 Å². The fourth-order valence-electron chi connectivity index (χ4n) is 3.95. The Balaban J connectivity index is 1.43. The maximum atomic E-state index is 14.0. The van der Waals surface area contributed by atoms with Gasteiger partial charge in [0.25, 0.3) is 5.91 Å². The van der Waals surface area contributed by atoms with Gasteiger partial charge in [0.1, 0.15) is 34.6 Å². The van der Waals surface area contributed by atoms with E-state index in [9.17, 15) is 9.18 Å². The summed E-state index contributed by atoms with van der Waals surface area (Å²) in [6.45, 7) is 4.34. The Kier molecular flexibility index (Phi) is 5.93. The maximum Gasteiger partial charge on any atom is 0.261 e. The molecular formula is C23H26FN5O2S. The molecule has 0 bridgehead atoms. The van der Waals surface area contributed by atoms with Gasteiger partial charge in [-0.25, -0.2) is 14.4 Å². The summed E-state index contributed by atoms with van der Waals surface area (Å²) < 4.78 is 20.1. The first-order chi connectivity index (χ1) is 15.6. The molecule has 1 saturated carbocycles. The van der Waals surface area contributed by atoms with Gasteiger partial charge in [-0.05, 0) is 62.8 Å². The highest BCUT2D eigenvalue weighted by Gasteiger charge is 2.24. The molecule has 1 aliphatic carbocycles. The van der Waals surface area contributed by atoms with Gasteiger partial charge in [-0.2, -0.15) is 0 Å². The summed E-state index contributed by atoms with van der Waals surface area (Å²) in [4.78, 5) is 22.9. The smallest absolute Gasteiger partial charge is 0.261 e. The Hall–Kier alpha value is -2.78. The third-order valence-electron chi connectivity index (χ3n) is 5.92. The van der Waals surface area contributed by atoms with Gasteiger partial charge >= 0.3 is 0 Å². The Morgan fingerprint density at radius 1 is 1.31 bits per heavy atom. The number of nitrogens with zero attached hydrogens (tertiary/aromatic N) is 2. The predicted octanol–water partition coefficient (Wildman–Crippen LogP) is 4.15. The van der Waals surface area contributed by atoms with E-state index in [1.165, 1.54) is 42.6 Å². The number of ether oxygens (including phenoxy) is 1. The molecule has 1 aliphatic heterocycles. The summed E-state index contributed by atoms with van der Waals surface area (Å²) in [5, 5.41) is 10.4. The monoisotopic (exact) mass is 455 g/mol. The van der Waals surface area contributed by atoms with Crippen LogP contribution in [-0.2, 0) is 0 Å². The number of piperidine rings is 1. The molecule has 1 saturated heterocycles. The summed E-state index contributed by atoms with van der Waals surface area (Å²) >= 11 is 1.36. The van der Waals surface area contributed by atoms with E-state index in [1.807, 2.05) is 6.92 Å². The molecule has 32 heavy (non-hydrogen) atoms. The lowest BCUT2D eigenvalue weighted by Gasteiger charge is -2.25. The largest absolute Gasteiger partial charge is 0.487 e. The Morgan fingerprint density at radius 2 is 2.19 bits per heavy atom. The molecular weight excluding hydrogens is 429 g/mol. The molecule has 1 amide bonds. The lowest BCUT2D eigenvalue weighted by molar-refractivity contribution is 0.0955. The number of nitrogens with one attached hydrogen (secondary N) is 3. The molecule has 9 heteroatoms. The summed E-state index contributed by atoms with van der Waals surface area (Å²) in [6.07, 6.45) is 5.77. The number of hydrogen-bond acceptors (Lipinski definition) is 7. The van der Waals surface area contributed by atoms with Crippen LogP contribution in [0.5, 0.6) is 5.75 Å². The molecule has 2 aliphatic rings. The fraction of sp³-hybridized carbons (Fsp3) is 0.435. The maximum absolute atomic E-state index is 14.0. The van der Waals surface area contributed by atoms with Crippen molar-refractivity contribution in [1.82, 2.24) is 20.6 Å². The number of rotatable bonds is 7. The van der Waals surface area contributed by atoms with E-state index in [2.05, 4.69) is 25.9 Å². The number of carbonyl (C=O) groups is 1. The minimum Gasteiger partial charge on any atom is -0.487 e. The van der Waals surface area contributed by atoms with Crippen LogP contribution in [0.25, 0.3) is 10.2 Å². The lowest BCUT2D eigenvalue weighted by Crippen LogP contribution is -2.37. The molecule has 3 aromatic rings. The van der Waals surface area contributed by atoms with Crippen LogP contribution in [-0.4, -0.2) is 41.6 Å². The molecule has 0 radical (unpaired) electrons. The fourth-order valence-corrected chi connectivity index (χ4v) is 5.01. The molecule has 2 fully saturated rings. The third-order valence-corrected chi connectivity index (χ3v) is 7.12. The topological polar surface area (TPSA) is 88.2 Å². The van der Waals surface area contributed by atoms with Crippen LogP contribution in [0.4, 0.5) is 15.9 Å². The van der Waals surface area contributed by atoms with Gasteiger partial charge in [0.15, 0.2) is 0 Å². The summed E-state index contributed by atoms with van der Waals surface area (Å²) in [5.74, 6) is 1.20. The number of halogens is 1. The van der Waals surface area contributed by atoms with Crippen molar-refractivity contribution in [2.24, 2.45) is 5.92 Å². The number of fused-ring (bicyclic) bond motifs is 1. The summed E-state index contributed by atoms with van der Waals surface area (Å²) in [5.41, 5.74) is 1.46. The highest BCUT2D eigenvalue weighted by molar-refractivity contribution is 7.20. The second-order valence-corrected chi connectivity index (χ2v) is 9.46. The van der Waals surface area contributed by atoms with Gasteiger partial charge in [-0.15, -0.1) is 11.3 Å². The number of amides is 1. The number of hydrogen-bond donors (Lipinski definition) is 3. The van der Waals surface area contributed by atoms with E-state index in [0.717, 1.165) is 48.3 Å². The average molecular weight is 456 g/mol. The summed E-state index contributed by atoms with van der Waals surface area (Å²) in [6, 6.07) is 4.44. The molecule has 2 aromatic heterocycles. The van der Waals surface area contributed by atoms with Crippen molar-refractivity contribution in [3.05, 3.63) is 40.8 Å². The van der Waals surface area contributed by atoms with Crippen LogP contribution in [0.3, 0.4) is 0 Å². The number of benzene rings is 1. The van der Waals surface area contributed by atoms with Gasteiger partial charge in [-0.3, -0.25) is 4.79 Å². The van der Waals surface area contributed by atoms with Crippen molar-refractivity contribution < 1.29 is 13.9 Å². The molecule has 0 spiro atoms. The average Bonchev–Trinajstić information content (AvgIpc) is 3.56. The van der Waals surface area contributed by atoms with E-state index in [0.29, 0.717) is 28.0 Å². The third kappa shape index (κ3) is 4.54. The molecule has 1 unspecified atom stereocenters. The first-order valence-corrected chi connectivity index (χ1v) is 11.9. The van der Waals surface area contributed by atoms with Crippen molar-refractivity contribution in [2.75, 3.05) is 25.0 Å². The van der Waals surface area contributed by atoms with Gasteiger partial charge in [0.2, 0.25) is 0 Å². The lowest BCUT2D eigenvalue weighted by atomic mass is 10.1. The van der Waals surface area contributed by atoms with Gasteiger partial charge < -0.3 is 20.7 Å². The van der Waals surface area contributed by atoms with E-state index < -0.39 is 0 Å². The van der Waals surface area contributed by atoms with E-state index >= 15 is 0 Å². The highest BCUT2D eigenvalue weighted by atomic mass is 32.1. The Morgan fingerprint density at radius 3 is 2.97 bits per heavy atom. The number of aromatic nitrogens is 2. The normalized spacial score (nSPS) is 18.5. The first kappa shape index (κ1) is 21.1. The van der Waals surface area contributed by atoms with E-state index in [-0.39, 0.29) is 17.8 Å². The SMILES string of the molecule is Cc1c(C(=O)NCC2CC2)sc2ncnc(Nc3ccc(F)cc3OC3CCCNC3)c12. The minimum absolute atomic E-state index is 0.0128. The Labute approximate surface area is 189 Å². The van der Waals surface area contributed by atoms with Crippen molar-refractivity contribution in [3.8, 4) is 5.75 Å². The minimum atomic E-state index is -0.358. The quantitative estimate of drug-likeness (QED) is 0.496. The van der Waals surface area contributed by atoms with Gasteiger partial charge in [0.05, 0.1) is 16.0 Å². The first-order valence-electron chi connectivity index (χ1n) is 11.0. The van der Waals surface area contributed by atoms with Crippen molar-refractivity contribution in [1.29, 1.82) is 0 Å². The second-order valence-electron chi connectivity index (χ2n) is 8.46. The molecule has 5 rings (SSSR count). The Bertz CT molecular complexity index is 1140. The molecule has 7 nitrogen and oxygen atoms in total. The predicted molar refractivity (Wildman–Crippen MR) is 123 cm³/mol. The number of aryl methyl sites for hydroxylation is 1. The zero-order chi connectivity index (χ0) is 22.1. The van der Waals surface area contributed by atoms with Gasteiger partial charge in [0, 0.05) is 19.2 Å². The molecule has 3 N–H and O–H groups in total. The second kappa shape index (κ2) is 8.99. The van der Waals surface area contributed by atoms with E-state index in [1.54, 1.807) is 6.07 Å². The van der Waals surface area contributed by atoms with Crippen molar-refractivity contribution in [2.45, 2.75) is 38.7 Å². The van der Waals surface area contributed by atoms with Crippen LogP contribution < -0.4 is 20.7 Å². The van der Waals surface area contributed by atoms with Gasteiger partial charge in [-0.1, -0.05) is 0 Å². The van der Waals surface area contributed by atoms with E-state index in [4.69, 9.17) is 4.74 Å². The molecule has 3 heterocycles. The molecule has 1 aromatic carbocycles. The standard InChI is InChI=1S/C23H26FN5O2S/c1-13-19-21(27-12-28-23(19)32-20(13)22(30)26-10-14-4-5-14)29-17-7-6-15(24)9-18(17)31-16-3-2-8-25-11-16/h6-7,9,12,14,16,25H,2-5,8,10-11H2,1H3,(H,26,30)(H,27,28,29). The zero-order valence-corrected chi connectivity index (χ0v) is 18.7. The van der Waals surface area contributed by atoms with Crippen molar-refractivity contribution >= 4 is 39.0 Å². The number of carbonyl (C=O) groups excluding carboxylic acids is 1. The van der Waals surface area contributed by atoms with Crippen LogP contribution in [0.2, 0.25) is 0 Å². The van der Waals surface area contributed by atoms with Crippen LogP contribution in [0.15, 0.2) is 24.5 Å². The van der Waals surface area contributed by atoms with Crippen LogP contribution >= 0.6 is 11.3 Å². The number of thiophene rings is 1. The molecule has 1 atom stereocenters. The van der Waals surface area contributed by atoms with Crippen LogP contribution in [0, 0.1) is 18.7 Å². The van der Waals surface area contributed by atoms with Crippen LogP contribution in [0.1, 0.15) is 40.9 Å². The highest BCUT2D eigenvalue weighted by Crippen LogP contribution is 2.37. The number of anilines is 2.